The van der Waals surface area contributed by atoms with Gasteiger partial charge in [0.1, 0.15) is 0 Å². The molecule has 2 rings (SSSR count). The van der Waals surface area contributed by atoms with E-state index < -0.39 is 0 Å². The number of aryl methyl sites for hydroxylation is 1. The molecule has 1 aromatic carbocycles. The molecule has 5 nitrogen and oxygen atoms in total. The van der Waals surface area contributed by atoms with Crippen molar-refractivity contribution in [2.24, 2.45) is 5.92 Å². The molecule has 1 heterocycles. The van der Waals surface area contributed by atoms with Crippen LogP contribution >= 0.6 is 0 Å². The highest BCUT2D eigenvalue weighted by molar-refractivity contribution is 5.94. The summed E-state index contributed by atoms with van der Waals surface area (Å²) >= 11 is 0. The second-order valence-corrected chi connectivity index (χ2v) is 6.20. The molecule has 1 saturated heterocycles. The molecule has 1 fully saturated rings. The maximum absolute atomic E-state index is 11.9. The van der Waals surface area contributed by atoms with Gasteiger partial charge >= 0.3 is 0 Å². The number of rotatable bonds is 7. The average Bonchev–Trinajstić information content (AvgIpc) is 2.58. The summed E-state index contributed by atoms with van der Waals surface area (Å²) in [6.07, 6.45) is 3.87. The summed E-state index contributed by atoms with van der Waals surface area (Å²) in [4.78, 5) is 23.7. The molecule has 3 N–H and O–H groups in total. The molecule has 1 aliphatic heterocycles. The topological polar surface area (TPSA) is 70.2 Å². The van der Waals surface area contributed by atoms with Crippen LogP contribution in [0.4, 0.5) is 0 Å². The molecule has 0 saturated carbocycles. The largest absolute Gasteiger partial charge is 0.354 e. The molecule has 0 atom stereocenters. The minimum atomic E-state index is -0.103. The van der Waals surface area contributed by atoms with E-state index in [2.05, 4.69) is 16.0 Å². The molecule has 0 aliphatic carbocycles. The molecule has 126 valence electrons. The zero-order valence-electron chi connectivity index (χ0n) is 13.9. The Morgan fingerprint density at radius 3 is 2.43 bits per heavy atom. The summed E-state index contributed by atoms with van der Waals surface area (Å²) in [5, 5.41) is 9.02. The lowest BCUT2D eigenvalue weighted by Crippen LogP contribution is -2.35. The van der Waals surface area contributed by atoms with Crippen LogP contribution in [0.1, 0.15) is 41.6 Å². The lowest BCUT2D eigenvalue weighted by atomic mass is 9.93. The number of hydrogen-bond donors (Lipinski definition) is 3. The van der Waals surface area contributed by atoms with Gasteiger partial charge in [0.15, 0.2) is 0 Å². The van der Waals surface area contributed by atoms with Crippen molar-refractivity contribution >= 4 is 11.8 Å². The highest BCUT2D eigenvalue weighted by Gasteiger charge is 2.14. The number of benzene rings is 1. The van der Waals surface area contributed by atoms with Crippen molar-refractivity contribution in [3.63, 3.8) is 0 Å². The van der Waals surface area contributed by atoms with Gasteiger partial charge in [0.25, 0.3) is 5.91 Å². The van der Waals surface area contributed by atoms with Gasteiger partial charge in [-0.3, -0.25) is 9.59 Å². The molecular formula is C18H27N3O2. The standard InChI is InChI=1S/C18H27N3O2/c1-14-2-5-16(6-3-14)18(23)21-13-12-20-17(22)7-4-15-8-10-19-11-9-15/h2-3,5-6,15,19H,4,7-13H2,1H3,(H,20,22)(H,21,23). The monoisotopic (exact) mass is 317 g/mol. The van der Waals surface area contributed by atoms with Gasteiger partial charge in [-0.05, 0) is 57.3 Å². The van der Waals surface area contributed by atoms with Gasteiger partial charge in [0, 0.05) is 25.1 Å². The third-order valence-electron chi connectivity index (χ3n) is 4.28. The Bertz CT molecular complexity index is 508. The van der Waals surface area contributed by atoms with Crippen molar-refractivity contribution in [3.8, 4) is 0 Å². The van der Waals surface area contributed by atoms with Crippen LogP contribution in [-0.4, -0.2) is 38.0 Å². The first-order chi connectivity index (χ1) is 11.1. The third kappa shape index (κ3) is 6.40. The average molecular weight is 317 g/mol. The van der Waals surface area contributed by atoms with Gasteiger partial charge in [-0.15, -0.1) is 0 Å². The Kier molecular flexibility index (Phi) is 7.07. The van der Waals surface area contributed by atoms with Gasteiger partial charge in [-0.1, -0.05) is 17.7 Å². The zero-order valence-corrected chi connectivity index (χ0v) is 13.9. The molecule has 2 amide bonds. The number of piperidine rings is 1. The Morgan fingerprint density at radius 1 is 1.09 bits per heavy atom. The number of carbonyl (C=O) groups is 2. The van der Waals surface area contributed by atoms with E-state index in [9.17, 15) is 9.59 Å². The first kappa shape index (κ1) is 17.5. The van der Waals surface area contributed by atoms with Crippen LogP contribution in [0.25, 0.3) is 0 Å². The van der Waals surface area contributed by atoms with E-state index >= 15 is 0 Å². The number of carbonyl (C=O) groups excluding carboxylic acids is 2. The summed E-state index contributed by atoms with van der Waals surface area (Å²) in [7, 11) is 0. The minimum Gasteiger partial charge on any atom is -0.354 e. The Hall–Kier alpha value is -1.88. The van der Waals surface area contributed by atoms with E-state index in [4.69, 9.17) is 0 Å². The molecular weight excluding hydrogens is 290 g/mol. The minimum absolute atomic E-state index is 0.0770. The summed E-state index contributed by atoms with van der Waals surface area (Å²) in [6, 6.07) is 7.44. The van der Waals surface area contributed by atoms with E-state index in [-0.39, 0.29) is 11.8 Å². The van der Waals surface area contributed by atoms with Gasteiger partial charge < -0.3 is 16.0 Å². The Balaban J connectivity index is 1.56. The van der Waals surface area contributed by atoms with E-state index in [1.54, 1.807) is 0 Å². The number of hydrogen-bond acceptors (Lipinski definition) is 3. The lowest BCUT2D eigenvalue weighted by Gasteiger charge is -2.22. The molecule has 1 aliphatic rings. The van der Waals surface area contributed by atoms with Crippen molar-refractivity contribution in [3.05, 3.63) is 35.4 Å². The molecule has 23 heavy (non-hydrogen) atoms. The smallest absolute Gasteiger partial charge is 0.251 e. The second kappa shape index (κ2) is 9.30. The quantitative estimate of drug-likeness (QED) is 0.669. The predicted molar refractivity (Wildman–Crippen MR) is 91.3 cm³/mol. The maximum Gasteiger partial charge on any atom is 0.251 e. The normalized spacial score (nSPS) is 15.2. The molecule has 0 bridgehead atoms. The SMILES string of the molecule is Cc1ccc(C(=O)NCCNC(=O)CCC2CCNCC2)cc1. The van der Waals surface area contributed by atoms with Crippen molar-refractivity contribution < 1.29 is 9.59 Å². The lowest BCUT2D eigenvalue weighted by molar-refractivity contribution is -0.121. The van der Waals surface area contributed by atoms with Crippen LogP contribution in [0.3, 0.4) is 0 Å². The van der Waals surface area contributed by atoms with E-state index in [1.165, 1.54) is 12.8 Å². The van der Waals surface area contributed by atoms with Crippen LogP contribution in [0, 0.1) is 12.8 Å². The summed E-state index contributed by atoms with van der Waals surface area (Å²) in [5.41, 5.74) is 1.77. The Morgan fingerprint density at radius 2 is 1.74 bits per heavy atom. The summed E-state index contributed by atoms with van der Waals surface area (Å²) < 4.78 is 0. The molecule has 5 heteroatoms. The fourth-order valence-corrected chi connectivity index (χ4v) is 2.78. The fraction of sp³-hybridized carbons (Fsp3) is 0.556. The molecule has 0 aromatic heterocycles. The maximum atomic E-state index is 11.9. The van der Waals surface area contributed by atoms with Crippen LogP contribution in [0.5, 0.6) is 0 Å². The van der Waals surface area contributed by atoms with Crippen molar-refractivity contribution in [1.82, 2.24) is 16.0 Å². The van der Waals surface area contributed by atoms with E-state index in [1.807, 2.05) is 31.2 Å². The van der Waals surface area contributed by atoms with Crippen molar-refractivity contribution in [1.29, 1.82) is 0 Å². The van der Waals surface area contributed by atoms with Gasteiger partial charge in [-0.25, -0.2) is 0 Å². The molecule has 0 spiro atoms. The highest BCUT2D eigenvalue weighted by Crippen LogP contribution is 2.17. The molecule has 0 unspecified atom stereocenters. The third-order valence-corrected chi connectivity index (χ3v) is 4.28. The van der Waals surface area contributed by atoms with Crippen molar-refractivity contribution in [2.75, 3.05) is 26.2 Å². The van der Waals surface area contributed by atoms with E-state index in [0.717, 1.165) is 25.1 Å². The van der Waals surface area contributed by atoms with Crippen LogP contribution in [0.2, 0.25) is 0 Å². The first-order valence-electron chi connectivity index (χ1n) is 8.47. The van der Waals surface area contributed by atoms with Crippen molar-refractivity contribution in [2.45, 2.75) is 32.6 Å². The number of nitrogens with one attached hydrogen (secondary N) is 3. The summed E-state index contributed by atoms with van der Waals surface area (Å²) in [5.74, 6) is 0.644. The van der Waals surface area contributed by atoms with Gasteiger partial charge in [-0.2, -0.15) is 0 Å². The first-order valence-corrected chi connectivity index (χ1v) is 8.47. The molecule has 0 radical (unpaired) electrons. The predicted octanol–water partition coefficient (Wildman–Crippen LogP) is 1.62. The zero-order chi connectivity index (χ0) is 16.5. The van der Waals surface area contributed by atoms with Gasteiger partial charge in [0.2, 0.25) is 5.91 Å². The van der Waals surface area contributed by atoms with Crippen LogP contribution in [-0.2, 0) is 4.79 Å². The fourth-order valence-electron chi connectivity index (χ4n) is 2.78. The van der Waals surface area contributed by atoms with E-state index in [0.29, 0.717) is 31.0 Å². The Labute approximate surface area is 138 Å². The number of amides is 2. The highest BCUT2D eigenvalue weighted by atomic mass is 16.2. The summed E-state index contributed by atoms with van der Waals surface area (Å²) in [6.45, 7) is 5.05. The van der Waals surface area contributed by atoms with Gasteiger partial charge in [0.05, 0.1) is 0 Å². The second-order valence-electron chi connectivity index (χ2n) is 6.20. The van der Waals surface area contributed by atoms with Crippen LogP contribution in [0.15, 0.2) is 24.3 Å². The molecule has 1 aromatic rings. The van der Waals surface area contributed by atoms with Crippen LogP contribution < -0.4 is 16.0 Å².